The first-order valence-corrected chi connectivity index (χ1v) is 9.75. The summed E-state index contributed by atoms with van der Waals surface area (Å²) in [4.78, 5) is 29.1. The van der Waals surface area contributed by atoms with Gasteiger partial charge in [0, 0.05) is 5.39 Å². The van der Waals surface area contributed by atoms with E-state index in [2.05, 4.69) is 10.3 Å². The van der Waals surface area contributed by atoms with Gasteiger partial charge in [-0.05, 0) is 36.4 Å². The second-order valence-electron chi connectivity index (χ2n) is 6.42. The molecule has 0 saturated carbocycles. The van der Waals surface area contributed by atoms with E-state index in [1.165, 1.54) is 6.07 Å². The summed E-state index contributed by atoms with van der Waals surface area (Å²) in [5, 5.41) is 4.17. The minimum absolute atomic E-state index is 0.0401. The van der Waals surface area contributed by atoms with E-state index in [0.29, 0.717) is 22.5 Å². The highest BCUT2D eigenvalue weighted by Gasteiger charge is 2.15. The number of carbonyl (C=O) groups is 1. The van der Waals surface area contributed by atoms with Gasteiger partial charge in [-0.2, -0.15) is 0 Å². The van der Waals surface area contributed by atoms with Crippen molar-refractivity contribution >= 4 is 38.4 Å². The number of benzene rings is 2. The van der Waals surface area contributed by atoms with Crippen LogP contribution in [0.4, 0.5) is 0 Å². The van der Waals surface area contributed by atoms with Crippen molar-refractivity contribution in [2.24, 2.45) is 0 Å². The Morgan fingerprint density at radius 3 is 2.72 bits per heavy atom. The summed E-state index contributed by atoms with van der Waals surface area (Å²) in [5.41, 5.74) is 0.653. The fraction of sp³-hybridized carbons (Fsp3) is 0.0455. The molecule has 0 atom stereocenters. The molecule has 3 heterocycles. The molecule has 0 aliphatic carbocycles. The first-order valence-electron chi connectivity index (χ1n) is 8.93. The topological polar surface area (TPSA) is 85.3 Å². The maximum atomic E-state index is 12.5. The van der Waals surface area contributed by atoms with Gasteiger partial charge in [-0.15, -0.1) is 11.3 Å². The number of amides is 1. The predicted molar refractivity (Wildman–Crippen MR) is 111 cm³/mol. The third-order valence-corrected chi connectivity index (χ3v) is 5.53. The SMILES string of the molecule is O=C(NCc1ccc(-c2nc3ccccc3s2)o1)c1cc2ccccc2oc1=O. The average Bonchev–Trinajstić information content (AvgIpc) is 3.38. The van der Waals surface area contributed by atoms with Gasteiger partial charge in [0.1, 0.15) is 16.9 Å². The van der Waals surface area contributed by atoms with Crippen molar-refractivity contribution in [1.29, 1.82) is 0 Å². The van der Waals surface area contributed by atoms with E-state index < -0.39 is 11.5 Å². The number of hydrogen-bond acceptors (Lipinski definition) is 6. The van der Waals surface area contributed by atoms with Crippen molar-refractivity contribution < 1.29 is 13.6 Å². The van der Waals surface area contributed by atoms with Gasteiger partial charge in [0.05, 0.1) is 16.8 Å². The first-order chi connectivity index (χ1) is 14.2. The highest BCUT2D eigenvalue weighted by molar-refractivity contribution is 7.21. The molecule has 1 N–H and O–H groups in total. The van der Waals surface area contributed by atoms with Crippen LogP contribution < -0.4 is 10.9 Å². The molecule has 0 spiro atoms. The van der Waals surface area contributed by atoms with Gasteiger partial charge in [0.2, 0.25) is 0 Å². The predicted octanol–water partition coefficient (Wildman–Crippen LogP) is 4.59. The van der Waals surface area contributed by atoms with Crippen LogP contribution in [-0.4, -0.2) is 10.9 Å². The molecular weight excluding hydrogens is 388 g/mol. The van der Waals surface area contributed by atoms with E-state index in [0.717, 1.165) is 15.2 Å². The van der Waals surface area contributed by atoms with E-state index in [9.17, 15) is 9.59 Å². The van der Waals surface area contributed by atoms with Crippen LogP contribution in [0.25, 0.3) is 32.0 Å². The van der Waals surface area contributed by atoms with Crippen molar-refractivity contribution in [2.75, 3.05) is 0 Å². The fourth-order valence-corrected chi connectivity index (χ4v) is 3.98. The number of nitrogens with one attached hydrogen (secondary N) is 1. The normalized spacial score (nSPS) is 11.2. The van der Waals surface area contributed by atoms with Gasteiger partial charge in [-0.1, -0.05) is 30.3 Å². The number of nitrogens with zero attached hydrogens (tertiary/aromatic N) is 1. The average molecular weight is 402 g/mol. The van der Waals surface area contributed by atoms with Crippen molar-refractivity contribution in [2.45, 2.75) is 6.54 Å². The second-order valence-corrected chi connectivity index (χ2v) is 7.45. The Balaban J connectivity index is 1.33. The minimum atomic E-state index is -0.671. The van der Waals surface area contributed by atoms with Crippen LogP contribution in [0.1, 0.15) is 16.1 Å². The lowest BCUT2D eigenvalue weighted by molar-refractivity contribution is 0.0944. The molecule has 3 aromatic heterocycles. The Morgan fingerprint density at radius 2 is 1.83 bits per heavy atom. The standard InChI is InChI=1S/C22H14N2O4S/c25-20(15-11-13-5-1-3-7-17(13)28-22(15)26)23-12-14-9-10-18(27-14)21-24-16-6-2-4-8-19(16)29-21/h1-11H,12H2,(H,23,25). The van der Waals surface area contributed by atoms with Gasteiger partial charge < -0.3 is 14.2 Å². The van der Waals surface area contributed by atoms with E-state index in [-0.39, 0.29) is 12.1 Å². The number of hydrogen-bond donors (Lipinski definition) is 1. The molecule has 0 bridgehead atoms. The number of rotatable bonds is 4. The largest absolute Gasteiger partial charge is 0.457 e. The minimum Gasteiger partial charge on any atom is -0.457 e. The summed E-state index contributed by atoms with van der Waals surface area (Å²) in [5.74, 6) is 0.695. The maximum absolute atomic E-state index is 12.5. The molecule has 1 amide bonds. The molecule has 5 aromatic rings. The molecular formula is C22H14N2O4S. The monoisotopic (exact) mass is 402 g/mol. The summed E-state index contributed by atoms with van der Waals surface area (Å²) in [6.07, 6.45) is 0. The summed E-state index contributed by atoms with van der Waals surface area (Å²) < 4.78 is 12.1. The fourth-order valence-electron chi connectivity index (χ4n) is 3.05. The second kappa shape index (κ2) is 7.03. The van der Waals surface area contributed by atoms with Crippen LogP contribution in [0.3, 0.4) is 0 Å². The lowest BCUT2D eigenvalue weighted by Gasteiger charge is -2.03. The molecule has 2 aromatic carbocycles. The van der Waals surface area contributed by atoms with E-state index in [1.807, 2.05) is 36.4 Å². The van der Waals surface area contributed by atoms with Crippen LogP contribution in [0.15, 0.2) is 80.4 Å². The van der Waals surface area contributed by atoms with Gasteiger partial charge in [-0.3, -0.25) is 4.79 Å². The quantitative estimate of drug-likeness (QED) is 0.444. The lowest BCUT2D eigenvalue weighted by Crippen LogP contribution is -2.27. The Bertz CT molecular complexity index is 1380. The number of fused-ring (bicyclic) bond motifs is 2. The molecule has 0 unspecified atom stereocenters. The molecule has 0 saturated heterocycles. The Hall–Kier alpha value is -3.71. The molecule has 142 valence electrons. The van der Waals surface area contributed by atoms with Gasteiger partial charge in [-0.25, -0.2) is 9.78 Å². The van der Waals surface area contributed by atoms with Gasteiger partial charge >= 0.3 is 5.63 Å². The van der Waals surface area contributed by atoms with Crippen LogP contribution in [0, 0.1) is 0 Å². The van der Waals surface area contributed by atoms with Crippen molar-refractivity contribution in [3.8, 4) is 10.8 Å². The summed E-state index contributed by atoms with van der Waals surface area (Å²) in [7, 11) is 0. The smallest absolute Gasteiger partial charge is 0.349 e. The van der Waals surface area contributed by atoms with Gasteiger partial charge in [0.25, 0.3) is 5.91 Å². The van der Waals surface area contributed by atoms with Crippen LogP contribution in [-0.2, 0) is 6.54 Å². The first kappa shape index (κ1) is 17.4. The molecule has 0 aliphatic rings. The van der Waals surface area contributed by atoms with E-state index >= 15 is 0 Å². The highest BCUT2D eigenvalue weighted by atomic mass is 32.1. The van der Waals surface area contributed by atoms with E-state index in [1.54, 1.807) is 35.6 Å². The van der Waals surface area contributed by atoms with Crippen LogP contribution in [0.2, 0.25) is 0 Å². The molecule has 29 heavy (non-hydrogen) atoms. The number of carbonyl (C=O) groups excluding carboxylic acids is 1. The lowest BCUT2D eigenvalue weighted by atomic mass is 10.2. The van der Waals surface area contributed by atoms with Gasteiger partial charge in [0.15, 0.2) is 10.8 Å². The highest BCUT2D eigenvalue weighted by Crippen LogP contribution is 2.31. The zero-order valence-corrected chi connectivity index (χ0v) is 15.9. The number of para-hydroxylation sites is 2. The van der Waals surface area contributed by atoms with E-state index in [4.69, 9.17) is 8.83 Å². The summed E-state index contributed by atoms with van der Waals surface area (Å²) in [6.45, 7) is 0.149. The number of furan rings is 1. The van der Waals surface area contributed by atoms with Crippen LogP contribution >= 0.6 is 11.3 Å². The van der Waals surface area contributed by atoms with Crippen molar-refractivity contribution in [1.82, 2.24) is 10.3 Å². The Morgan fingerprint density at radius 1 is 1.00 bits per heavy atom. The molecule has 6 nitrogen and oxygen atoms in total. The molecule has 0 fully saturated rings. The molecule has 0 aliphatic heterocycles. The Labute approximate surface area is 168 Å². The summed E-state index contributed by atoms with van der Waals surface area (Å²) in [6, 6.07) is 20.1. The molecule has 7 heteroatoms. The maximum Gasteiger partial charge on any atom is 0.349 e. The zero-order valence-electron chi connectivity index (χ0n) is 15.0. The molecule has 5 rings (SSSR count). The third-order valence-electron chi connectivity index (χ3n) is 4.48. The van der Waals surface area contributed by atoms with Crippen molar-refractivity contribution in [3.05, 3.63) is 88.5 Å². The Kier molecular flexibility index (Phi) is 4.22. The molecule has 0 radical (unpaired) electrons. The number of aromatic nitrogens is 1. The zero-order chi connectivity index (χ0) is 19.8. The summed E-state index contributed by atoms with van der Waals surface area (Å²) >= 11 is 1.54. The van der Waals surface area contributed by atoms with Crippen LogP contribution in [0.5, 0.6) is 0 Å². The third kappa shape index (κ3) is 3.32. The number of thiazole rings is 1. The van der Waals surface area contributed by atoms with Crippen molar-refractivity contribution in [3.63, 3.8) is 0 Å².